The van der Waals surface area contributed by atoms with E-state index in [1.54, 1.807) is 14.1 Å². The van der Waals surface area contributed by atoms with Gasteiger partial charge in [-0.15, -0.1) is 0 Å². The van der Waals surface area contributed by atoms with Crippen LogP contribution in [0, 0.1) is 17.8 Å². The molecule has 2 N–H and O–H groups in total. The summed E-state index contributed by atoms with van der Waals surface area (Å²) < 4.78 is 6.71. The highest BCUT2D eigenvalue weighted by Gasteiger charge is 2.45. The Bertz CT molecular complexity index is 1280. The van der Waals surface area contributed by atoms with Crippen LogP contribution in [-0.4, -0.2) is 59.8 Å². The summed E-state index contributed by atoms with van der Waals surface area (Å²) in [6, 6.07) is 26.6. The van der Waals surface area contributed by atoms with Gasteiger partial charge in [-0.05, 0) is 24.2 Å². The first-order valence-corrected chi connectivity index (χ1v) is 16.0. The maximum Gasteiger partial charge on any atom is 0.330 e. The summed E-state index contributed by atoms with van der Waals surface area (Å²) in [5.74, 6) is -1.34. The van der Waals surface area contributed by atoms with Gasteiger partial charge in [-0.25, -0.2) is 4.79 Å². The smallest absolute Gasteiger partial charge is 0.330 e. The molecule has 0 aromatic heterocycles. The van der Waals surface area contributed by atoms with E-state index in [0.717, 1.165) is 23.1 Å². The third-order valence-electron chi connectivity index (χ3n) is 8.77. The number of nitrogens with zero attached hydrogens (tertiary/aromatic N) is 2. The molecule has 7 heteroatoms. The second kappa shape index (κ2) is 15.8. The van der Waals surface area contributed by atoms with E-state index in [0.29, 0.717) is 6.42 Å². The lowest BCUT2D eigenvalue weighted by atomic mass is 9.80. The Hall–Kier alpha value is -3.97. The van der Waals surface area contributed by atoms with Gasteiger partial charge in [0.05, 0.1) is 6.04 Å². The summed E-state index contributed by atoms with van der Waals surface area (Å²) >= 11 is 0. The van der Waals surface area contributed by atoms with Crippen LogP contribution in [-0.2, 0) is 24.7 Å². The Balaban J connectivity index is 2.08. The Morgan fingerprint density at radius 3 is 1.49 bits per heavy atom. The van der Waals surface area contributed by atoms with E-state index >= 15 is 0 Å². The lowest BCUT2D eigenvalue weighted by Gasteiger charge is -2.40. The van der Waals surface area contributed by atoms with Gasteiger partial charge >= 0.3 is 5.97 Å². The SMILES string of the molecule is CC[C@H](C)[C@H](N)C(=O)N(C)[C@@H](CC(C)C)C(=O)N(C)[C@H](C(=O)OC(c1ccccc1)(c1ccccc1)c1ccccc1)C(C)C. The molecule has 45 heavy (non-hydrogen) atoms. The summed E-state index contributed by atoms with van der Waals surface area (Å²) in [6.07, 6.45) is 1.18. The number of ether oxygens (including phenoxy) is 1. The summed E-state index contributed by atoms with van der Waals surface area (Å²) in [6.45, 7) is 11.7. The standard InChI is InChI=1S/C38H51N3O4/c1-9-28(6)33(39)36(43)40(7)32(25-26(2)3)35(42)41(8)34(27(4)5)37(44)45-38(29-19-13-10-14-20-29,30-21-15-11-16-22-30)31-23-17-12-18-24-31/h10-24,26-28,32-34H,9,25,39H2,1-8H3/t28-,32-,33-,34-/m0/s1. The lowest BCUT2D eigenvalue weighted by Crippen LogP contribution is -2.58. The van der Waals surface area contributed by atoms with Gasteiger partial charge in [0.25, 0.3) is 0 Å². The largest absolute Gasteiger partial charge is 0.443 e. The maximum atomic E-state index is 14.5. The topological polar surface area (TPSA) is 92.9 Å². The van der Waals surface area contributed by atoms with Gasteiger partial charge in [0.1, 0.15) is 12.1 Å². The van der Waals surface area contributed by atoms with Crippen molar-refractivity contribution >= 4 is 17.8 Å². The molecule has 0 fully saturated rings. The highest BCUT2D eigenvalue weighted by Crippen LogP contribution is 2.41. The quantitative estimate of drug-likeness (QED) is 0.171. The van der Waals surface area contributed by atoms with Crippen LogP contribution in [0.5, 0.6) is 0 Å². The minimum atomic E-state index is -1.27. The van der Waals surface area contributed by atoms with E-state index in [1.165, 1.54) is 9.80 Å². The number of hydrogen-bond acceptors (Lipinski definition) is 5. The molecule has 2 amide bonds. The van der Waals surface area contributed by atoms with Crippen LogP contribution >= 0.6 is 0 Å². The maximum absolute atomic E-state index is 14.5. The van der Waals surface area contributed by atoms with Crippen molar-refractivity contribution < 1.29 is 19.1 Å². The molecule has 3 aromatic rings. The molecule has 0 aliphatic heterocycles. The molecule has 0 saturated heterocycles. The molecule has 4 atom stereocenters. The number of benzene rings is 3. The van der Waals surface area contributed by atoms with E-state index in [4.69, 9.17) is 10.5 Å². The molecule has 0 unspecified atom stereocenters. The Morgan fingerprint density at radius 2 is 1.13 bits per heavy atom. The molecule has 0 aliphatic carbocycles. The molecule has 0 spiro atoms. The zero-order chi connectivity index (χ0) is 33.3. The Morgan fingerprint density at radius 1 is 0.711 bits per heavy atom. The molecule has 0 heterocycles. The minimum Gasteiger partial charge on any atom is -0.443 e. The summed E-state index contributed by atoms with van der Waals surface area (Å²) in [5.41, 5.74) is 7.40. The molecule has 7 nitrogen and oxygen atoms in total. The molecular weight excluding hydrogens is 562 g/mol. The third-order valence-corrected chi connectivity index (χ3v) is 8.77. The molecule has 0 bridgehead atoms. The van der Waals surface area contributed by atoms with E-state index in [2.05, 4.69) is 0 Å². The van der Waals surface area contributed by atoms with Gasteiger partial charge in [0.2, 0.25) is 11.8 Å². The normalized spacial score (nSPS) is 14.4. The minimum absolute atomic E-state index is 0.0343. The van der Waals surface area contributed by atoms with Crippen LogP contribution in [0.4, 0.5) is 0 Å². The van der Waals surface area contributed by atoms with E-state index < -0.39 is 29.7 Å². The van der Waals surface area contributed by atoms with E-state index in [-0.39, 0.29) is 29.6 Å². The van der Waals surface area contributed by atoms with Crippen molar-refractivity contribution in [1.29, 1.82) is 0 Å². The van der Waals surface area contributed by atoms with Crippen LogP contribution < -0.4 is 5.73 Å². The van der Waals surface area contributed by atoms with Gasteiger partial charge < -0.3 is 20.3 Å². The molecular formula is C38H51N3O4. The van der Waals surface area contributed by atoms with Crippen LogP contribution in [0.3, 0.4) is 0 Å². The average Bonchev–Trinajstić information content (AvgIpc) is 3.05. The first-order valence-electron chi connectivity index (χ1n) is 16.0. The number of hydrogen-bond donors (Lipinski definition) is 1. The summed E-state index contributed by atoms with van der Waals surface area (Å²) in [7, 11) is 3.26. The number of esters is 1. The highest BCUT2D eigenvalue weighted by molar-refractivity contribution is 5.92. The number of carbonyl (C=O) groups excluding carboxylic acids is 3. The summed E-state index contributed by atoms with van der Waals surface area (Å²) in [4.78, 5) is 45.2. The molecule has 3 rings (SSSR count). The van der Waals surface area contributed by atoms with Crippen LogP contribution in [0.2, 0.25) is 0 Å². The van der Waals surface area contributed by atoms with Crippen molar-refractivity contribution in [2.45, 2.75) is 78.1 Å². The third kappa shape index (κ3) is 8.01. The van der Waals surface area contributed by atoms with Crippen molar-refractivity contribution in [2.75, 3.05) is 14.1 Å². The second-order valence-corrected chi connectivity index (χ2v) is 12.8. The highest BCUT2D eigenvalue weighted by atomic mass is 16.6. The van der Waals surface area contributed by atoms with Crippen LogP contribution in [0.25, 0.3) is 0 Å². The molecule has 0 radical (unpaired) electrons. The van der Waals surface area contributed by atoms with Crippen LogP contribution in [0.1, 0.15) is 71.1 Å². The molecule has 0 saturated carbocycles. The van der Waals surface area contributed by atoms with Crippen molar-refractivity contribution in [3.8, 4) is 0 Å². The molecule has 0 aliphatic rings. The van der Waals surface area contributed by atoms with E-state index in [9.17, 15) is 14.4 Å². The fraction of sp³-hybridized carbons (Fsp3) is 0.447. The van der Waals surface area contributed by atoms with Crippen molar-refractivity contribution in [2.24, 2.45) is 23.5 Å². The van der Waals surface area contributed by atoms with Crippen LogP contribution in [0.15, 0.2) is 91.0 Å². The Kier molecular flexibility index (Phi) is 12.5. The van der Waals surface area contributed by atoms with E-state index in [1.807, 2.05) is 133 Å². The van der Waals surface area contributed by atoms with Crippen molar-refractivity contribution in [3.63, 3.8) is 0 Å². The fourth-order valence-electron chi connectivity index (χ4n) is 5.91. The number of carbonyl (C=O) groups is 3. The zero-order valence-corrected chi connectivity index (χ0v) is 28.1. The second-order valence-electron chi connectivity index (χ2n) is 12.8. The van der Waals surface area contributed by atoms with Crippen molar-refractivity contribution in [1.82, 2.24) is 9.80 Å². The van der Waals surface area contributed by atoms with Crippen molar-refractivity contribution in [3.05, 3.63) is 108 Å². The summed E-state index contributed by atoms with van der Waals surface area (Å²) in [5, 5.41) is 0. The molecule has 242 valence electrons. The molecule has 3 aromatic carbocycles. The fourth-order valence-corrected chi connectivity index (χ4v) is 5.91. The van der Waals surface area contributed by atoms with Gasteiger partial charge in [-0.2, -0.15) is 0 Å². The number of rotatable bonds is 14. The number of nitrogens with two attached hydrogens (primary N) is 1. The monoisotopic (exact) mass is 613 g/mol. The predicted octanol–water partition coefficient (Wildman–Crippen LogP) is 6.25. The van der Waals surface area contributed by atoms with Gasteiger partial charge in [0, 0.05) is 30.8 Å². The number of likely N-dealkylation sites (N-methyl/N-ethyl adjacent to an activating group) is 2. The first kappa shape index (κ1) is 35.5. The van der Waals surface area contributed by atoms with Gasteiger partial charge in [-0.3, -0.25) is 9.59 Å². The number of amides is 2. The predicted molar refractivity (Wildman–Crippen MR) is 180 cm³/mol. The lowest BCUT2D eigenvalue weighted by molar-refractivity contribution is -0.166. The van der Waals surface area contributed by atoms with Gasteiger partial charge in [0.15, 0.2) is 5.60 Å². The van der Waals surface area contributed by atoms with Gasteiger partial charge in [-0.1, -0.05) is 139 Å². The average molecular weight is 614 g/mol. The zero-order valence-electron chi connectivity index (χ0n) is 28.1. The first-order chi connectivity index (χ1) is 21.4. The Labute approximate surface area is 269 Å².